The predicted molar refractivity (Wildman–Crippen MR) is 176 cm³/mol. The SMILES string of the molecule is C=CC(=O)N1CCC[C@H]1CNc1c(C#N)c(OCC23CCCN2CCC3)nc2c(F)c(-c3cccc4cccc(Cl)c34)ccc12. The van der Waals surface area contributed by atoms with Gasteiger partial charge in [0.25, 0.3) is 0 Å². The van der Waals surface area contributed by atoms with E-state index in [1.807, 2.05) is 30.3 Å². The monoisotopic (exact) mass is 623 g/mol. The lowest BCUT2D eigenvalue weighted by atomic mass is 9.95. The molecule has 7 nitrogen and oxygen atoms in total. The van der Waals surface area contributed by atoms with Gasteiger partial charge in [0.15, 0.2) is 5.82 Å². The van der Waals surface area contributed by atoms with E-state index < -0.39 is 5.82 Å². The number of hydrogen-bond acceptors (Lipinski definition) is 6. The van der Waals surface area contributed by atoms with Gasteiger partial charge in [0.2, 0.25) is 11.8 Å². The van der Waals surface area contributed by atoms with Crippen molar-refractivity contribution in [1.29, 1.82) is 5.26 Å². The second-order valence-corrected chi connectivity index (χ2v) is 12.8. The number of hydrogen-bond donors (Lipinski definition) is 1. The minimum Gasteiger partial charge on any atom is -0.475 e. The van der Waals surface area contributed by atoms with E-state index in [1.54, 1.807) is 23.1 Å². The second-order valence-electron chi connectivity index (χ2n) is 12.4. The summed E-state index contributed by atoms with van der Waals surface area (Å²) in [6.45, 7) is 7.17. The smallest absolute Gasteiger partial charge is 0.246 e. The average molecular weight is 624 g/mol. The molecular weight excluding hydrogens is 589 g/mol. The lowest BCUT2D eigenvalue weighted by Crippen LogP contribution is -2.43. The van der Waals surface area contributed by atoms with E-state index in [9.17, 15) is 10.1 Å². The Morgan fingerprint density at radius 1 is 1.13 bits per heavy atom. The van der Waals surface area contributed by atoms with Crippen molar-refractivity contribution in [2.24, 2.45) is 0 Å². The molecule has 0 saturated carbocycles. The maximum atomic E-state index is 16.8. The van der Waals surface area contributed by atoms with Crippen molar-refractivity contribution in [2.45, 2.75) is 50.1 Å². The maximum absolute atomic E-state index is 16.8. The van der Waals surface area contributed by atoms with E-state index in [-0.39, 0.29) is 34.4 Å². The first-order valence-electron chi connectivity index (χ1n) is 15.7. The second kappa shape index (κ2) is 12.0. The average Bonchev–Trinajstić information content (AvgIpc) is 3.79. The van der Waals surface area contributed by atoms with Crippen LogP contribution in [0.25, 0.3) is 32.8 Å². The Morgan fingerprint density at radius 2 is 1.91 bits per heavy atom. The maximum Gasteiger partial charge on any atom is 0.246 e. The highest BCUT2D eigenvalue weighted by molar-refractivity contribution is 6.36. The third kappa shape index (κ3) is 5.08. The number of likely N-dealkylation sites (tertiary alicyclic amines) is 1. The number of anilines is 1. The van der Waals surface area contributed by atoms with Gasteiger partial charge in [-0.1, -0.05) is 54.6 Å². The molecular formula is C36H35ClFN5O2. The Balaban J connectivity index is 1.34. The Morgan fingerprint density at radius 3 is 2.67 bits per heavy atom. The number of nitriles is 1. The van der Waals surface area contributed by atoms with E-state index in [0.717, 1.165) is 62.4 Å². The molecule has 1 amide bonds. The molecule has 4 aromatic rings. The van der Waals surface area contributed by atoms with Gasteiger partial charge in [-0.05, 0) is 80.8 Å². The third-order valence-corrected chi connectivity index (χ3v) is 10.3. The van der Waals surface area contributed by atoms with Crippen LogP contribution in [0.4, 0.5) is 10.1 Å². The van der Waals surface area contributed by atoms with Crippen LogP contribution in [-0.4, -0.2) is 65.1 Å². The molecule has 230 valence electrons. The van der Waals surface area contributed by atoms with Gasteiger partial charge >= 0.3 is 0 Å². The van der Waals surface area contributed by atoms with Gasteiger partial charge < -0.3 is 15.0 Å². The molecule has 3 aliphatic rings. The van der Waals surface area contributed by atoms with Crippen LogP contribution >= 0.6 is 11.6 Å². The number of benzene rings is 3. The normalized spacial score (nSPS) is 19.1. The lowest BCUT2D eigenvalue weighted by molar-refractivity contribution is -0.126. The number of pyridine rings is 1. The molecule has 3 aromatic carbocycles. The fourth-order valence-corrected chi connectivity index (χ4v) is 8.02. The number of aromatic nitrogens is 1. The quantitative estimate of drug-likeness (QED) is 0.207. The van der Waals surface area contributed by atoms with Crippen molar-refractivity contribution in [3.05, 3.63) is 77.6 Å². The highest BCUT2D eigenvalue weighted by atomic mass is 35.5. The van der Waals surface area contributed by atoms with Crippen LogP contribution in [0.2, 0.25) is 5.02 Å². The fraction of sp³-hybridized carbons (Fsp3) is 0.361. The predicted octanol–water partition coefficient (Wildman–Crippen LogP) is 7.32. The van der Waals surface area contributed by atoms with Crippen LogP contribution in [0.3, 0.4) is 0 Å². The number of ether oxygens (including phenoxy) is 1. The number of halogens is 2. The van der Waals surface area contributed by atoms with Crippen molar-refractivity contribution in [3.63, 3.8) is 0 Å². The van der Waals surface area contributed by atoms with Crippen molar-refractivity contribution in [3.8, 4) is 23.1 Å². The summed E-state index contributed by atoms with van der Waals surface area (Å²) in [5.41, 5.74) is 1.77. The molecule has 0 bridgehead atoms. The van der Waals surface area contributed by atoms with Crippen LogP contribution < -0.4 is 10.1 Å². The van der Waals surface area contributed by atoms with Gasteiger partial charge in [-0.25, -0.2) is 9.37 Å². The Kier molecular flexibility index (Phi) is 7.84. The van der Waals surface area contributed by atoms with Crippen LogP contribution in [0.5, 0.6) is 5.88 Å². The standard InChI is InChI=1S/C36H35ClFN5O2/c1-2-30(44)43-19-5-10-24(43)21-40-33-27-14-13-26(25-11-3-8-23-9-4-12-29(37)31(23)25)32(38)34(27)41-35(28(33)20-39)45-22-36-15-6-17-42(36)18-7-16-36/h2-4,8-9,11-14,24H,1,5-7,10,15-19,21-22H2,(H,40,41)/t24-/m0/s1. The number of carbonyl (C=O) groups excluding carboxylic acids is 1. The Labute approximate surface area is 267 Å². The largest absolute Gasteiger partial charge is 0.475 e. The first-order chi connectivity index (χ1) is 21.9. The number of rotatable bonds is 8. The number of carbonyl (C=O) groups is 1. The number of amides is 1. The Hall–Kier alpha value is -4.19. The highest BCUT2D eigenvalue weighted by Crippen LogP contribution is 2.42. The molecule has 9 heteroatoms. The molecule has 4 heterocycles. The topological polar surface area (TPSA) is 81.5 Å². The molecule has 0 aliphatic carbocycles. The summed E-state index contributed by atoms with van der Waals surface area (Å²) >= 11 is 6.63. The molecule has 3 fully saturated rings. The zero-order valence-electron chi connectivity index (χ0n) is 25.1. The van der Waals surface area contributed by atoms with Crippen LogP contribution in [0.15, 0.2) is 61.2 Å². The number of nitrogens with zero attached hydrogens (tertiary/aromatic N) is 4. The van der Waals surface area contributed by atoms with Gasteiger partial charge in [-0.15, -0.1) is 0 Å². The summed E-state index contributed by atoms with van der Waals surface area (Å²) in [5.74, 6) is -0.508. The summed E-state index contributed by atoms with van der Waals surface area (Å²) in [6.07, 6.45) is 7.31. The van der Waals surface area contributed by atoms with E-state index in [0.29, 0.717) is 46.9 Å². The van der Waals surface area contributed by atoms with Crippen molar-refractivity contribution >= 4 is 44.9 Å². The Bertz CT molecular complexity index is 1860. The first kappa shape index (κ1) is 29.5. The van der Waals surface area contributed by atoms with Crippen molar-refractivity contribution in [2.75, 3.05) is 38.1 Å². The lowest BCUT2D eigenvalue weighted by Gasteiger charge is -2.31. The summed E-state index contributed by atoms with van der Waals surface area (Å²) in [7, 11) is 0. The van der Waals surface area contributed by atoms with Gasteiger partial charge in [0.1, 0.15) is 23.8 Å². The van der Waals surface area contributed by atoms with E-state index in [4.69, 9.17) is 21.3 Å². The van der Waals surface area contributed by atoms with Crippen LogP contribution in [0.1, 0.15) is 44.1 Å². The molecule has 3 aliphatic heterocycles. The molecule has 45 heavy (non-hydrogen) atoms. The third-order valence-electron chi connectivity index (χ3n) is 9.96. The van der Waals surface area contributed by atoms with E-state index >= 15 is 4.39 Å². The summed E-state index contributed by atoms with van der Waals surface area (Å²) in [4.78, 5) is 21.5. The van der Waals surface area contributed by atoms with Gasteiger partial charge in [-0.3, -0.25) is 9.69 Å². The van der Waals surface area contributed by atoms with Crippen molar-refractivity contribution < 1.29 is 13.9 Å². The zero-order valence-corrected chi connectivity index (χ0v) is 25.9. The fourth-order valence-electron chi connectivity index (χ4n) is 7.73. The number of nitrogens with one attached hydrogen (secondary N) is 1. The van der Waals surface area contributed by atoms with E-state index in [1.165, 1.54) is 6.08 Å². The molecule has 1 aromatic heterocycles. The molecule has 1 atom stereocenters. The molecule has 0 unspecified atom stereocenters. The van der Waals surface area contributed by atoms with Gasteiger partial charge in [-0.2, -0.15) is 5.26 Å². The summed E-state index contributed by atoms with van der Waals surface area (Å²) < 4.78 is 23.2. The zero-order chi connectivity index (χ0) is 31.1. The molecule has 3 saturated heterocycles. The summed E-state index contributed by atoms with van der Waals surface area (Å²) in [6, 6.07) is 17.1. The molecule has 7 rings (SSSR count). The molecule has 1 N–H and O–H groups in total. The van der Waals surface area contributed by atoms with Crippen molar-refractivity contribution in [1.82, 2.24) is 14.8 Å². The molecule has 0 radical (unpaired) electrons. The number of fused-ring (bicyclic) bond motifs is 3. The molecule has 0 spiro atoms. The minimum absolute atomic E-state index is 0.0769. The van der Waals surface area contributed by atoms with Crippen LogP contribution in [0, 0.1) is 17.1 Å². The van der Waals surface area contributed by atoms with Gasteiger partial charge in [0.05, 0.1) is 11.2 Å². The van der Waals surface area contributed by atoms with Crippen LogP contribution in [-0.2, 0) is 4.79 Å². The highest BCUT2D eigenvalue weighted by Gasteiger charge is 2.45. The van der Waals surface area contributed by atoms with Gasteiger partial charge in [0, 0.05) is 40.5 Å². The van der Waals surface area contributed by atoms with E-state index in [2.05, 4.69) is 22.9 Å². The first-order valence-corrected chi connectivity index (χ1v) is 16.1. The minimum atomic E-state index is -0.511. The summed E-state index contributed by atoms with van der Waals surface area (Å²) in [5, 5.41) is 16.6.